The predicted octanol–water partition coefficient (Wildman–Crippen LogP) is 33.9. The van der Waals surface area contributed by atoms with Crippen LogP contribution in [0.5, 0.6) is 46.0 Å². The van der Waals surface area contributed by atoms with E-state index < -0.39 is 75.1 Å². The minimum atomic E-state index is -1.22. The fourth-order valence-corrected chi connectivity index (χ4v) is 16.9. The van der Waals surface area contributed by atoms with E-state index in [4.69, 9.17) is 31.4 Å². The zero-order valence-electron chi connectivity index (χ0n) is 75.6. The maximum absolute atomic E-state index is 13.8. The van der Waals surface area contributed by atoms with Gasteiger partial charge in [0.1, 0.15) is 11.5 Å². The molecule has 0 saturated heterocycles. The molecule has 0 bridgehead atoms. The van der Waals surface area contributed by atoms with Crippen molar-refractivity contribution in [2.45, 2.75) is 315 Å². The van der Waals surface area contributed by atoms with Crippen molar-refractivity contribution in [2.75, 3.05) is 0 Å². The van der Waals surface area contributed by atoms with Gasteiger partial charge in [0.15, 0.2) is 80.0 Å². The maximum atomic E-state index is 13.8. The van der Waals surface area contributed by atoms with Gasteiger partial charge >= 0.3 is 0 Å². The van der Waals surface area contributed by atoms with Gasteiger partial charge < -0.3 is 40.9 Å². The summed E-state index contributed by atoms with van der Waals surface area (Å²) in [5.41, 5.74) is -0.000758. The van der Waals surface area contributed by atoms with Crippen LogP contribution >= 0.6 is 0 Å². The first-order chi connectivity index (χ1) is 62.7. The number of azo groups is 4. The second-order valence-corrected chi connectivity index (χ2v) is 33.8. The van der Waals surface area contributed by atoms with E-state index in [0.29, 0.717) is 50.5 Å². The second-order valence-electron chi connectivity index (χ2n) is 33.8. The summed E-state index contributed by atoms with van der Waals surface area (Å²) in [6, 6.07) is 32.8. The highest BCUT2D eigenvalue weighted by atomic mass is 16.3. The second kappa shape index (κ2) is 54.5. The Hall–Kier alpha value is -13.5. The van der Waals surface area contributed by atoms with E-state index in [1.165, 1.54) is 104 Å². The number of hydrogen-bond acceptors (Lipinski definition) is 20. The number of phenolic OH excluding ortho intramolecular Hbond substituents is 8. The molecule has 0 spiro atoms. The van der Waals surface area contributed by atoms with Crippen molar-refractivity contribution in [2.24, 2.45) is 40.9 Å². The molecule has 0 heterocycles. The van der Waals surface area contributed by atoms with Crippen molar-refractivity contribution in [3.63, 3.8) is 0 Å². The third kappa shape index (κ3) is 30.1. The smallest absolute Gasteiger partial charge is 0.190 e. The average molecular weight is 1740 g/mol. The predicted molar refractivity (Wildman–Crippen MR) is 507 cm³/mol. The Balaban J connectivity index is 1.51. The molecule has 0 amide bonds. The third-order valence-electron chi connectivity index (χ3n) is 24.1. The SMILES string of the molecule is [C-]#[N+]c1cc(C#N)cc(N=Nc2c(O)ccc(C(CCCCCCCCCCC)c3cc(C(CCCCCCCCCCC)c4cc(C(CCCCCCCCCCC)c5cc(C(C)CCCCCCCCCCC)c(O)c(N=Nc6cc(C#N)cc([N+]#[C-])c6)c5O)c(O)c(N=Nc5cc(C#N)cc([N+]#[C-])c5)c4O)c(O)c(N=Nc4cc(C#N)cc([N+]#[C-])c4)c3O)c2O)c1. The van der Waals surface area contributed by atoms with Gasteiger partial charge in [0.2, 0.25) is 0 Å². The molecule has 4 atom stereocenters. The Labute approximate surface area is 762 Å². The van der Waals surface area contributed by atoms with Crippen LogP contribution in [-0.2, 0) is 0 Å². The molecule has 672 valence electrons. The molecule has 8 rings (SSSR count). The van der Waals surface area contributed by atoms with Crippen molar-refractivity contribution in [3.05, 3.63) is 210 Å². The molecule has 0 aromatic heterocycles. The molecule has 0 fully saturated rings. The topological polar surface area (TPSA) is 373 Å². The lowest BCUT2D eigenvalue weighted by Crippen LogP contribution is -2.10. The maximum Gasteiger partial charge on any atom is 0.190 e. The van der Waals surface area contributed by atoms with Crippen LogP contribution in [0.2, 0.25) is 0 Å². The lowest BCUT2D eigenvalue weighted by molar-refractivity contribution is 0.423. The van der Waals surface area contributed by atoms with Crippen LogP contribution in [0, 0.1) is 71.6 Å². The van der Waals surface area contributed by atoms with Crippen LogP contribution in [0.15, 0.2) is 144 Å². The van der Waals surface area contributed by atoms with Gasteiger partial charge in [-0.15, -0.1) is 20.5 Å². The summed E-state index contributed by atoms with van der Waals surface area (Å²) in [5.74, 6) is -8.24. The zero-order chi connectivity index (χ0) is 92.8. The van der Waals surface area contributed by atoms with Crippen LogP contribution < -0.4 is 0 Å². The summed E-state index contributed by atoms with van der Waals surface area (Å²) in [4.78, 5) is 14.2. The van der Waals surface area contributed by atoms with E-state index in [1.54, 1.807) is 18.2 Å². The number of hydrogen-bond donors (Lipinski definition) is 8. The number of benzene rings is 8. The van der Waals surface area contributed by atoms with Gasteiger partial charge in [-0.2, -0.15) is 41.5 Å². The van der Waals surface area contributed by atoms with Crippen molar-refractivity contribution in [1.29, 1.82) is 21.0 Å². The summed E-state index contributed by atoms with van der Waals surface area (Å²) >= 11 is 0. The molecule has 0 aliphatic heterocycles. The highest BCUT2D eigenvalue weighted by molar-refractivity contribution is 5.77. The van der Waals surface area contributed by atoms with Crippen molar-refractivity contribution < 1.29 is 40.9 Å². The Morgan fingerprint density at radius 2 is 0.473 bits per heavy atom. The van der Waals surface area contributed by atoms with Gasteiger partial charge in [-0.25, -0.2) is 19.4 Å². The Bertz CT molecular complexity index is 5430. The van der Waals surface area contributed by atoms with Crippen LogP contribution in [0.4, 0.5) is 68.2 Å². The summed E-state index contributed by atoms with van der Waals surface area (Å²) < 4.78 is 0. The van der Waals surface area contributed by atoms with E-state index >= 15 is 0 Å². The van der Waals surface area contributed by atoms with E-state index in [9.17, 15) is 61.9 Å². The molecule has 24 nitrogen and oxygen atoms in total. The summed E-state index contributed by atoms with van der Waals surface area (Å²) in [5, 5.41) is 182. The van der Waals surface area contributed by atoms with Crippen molar-refractivity contribution in [3.8, 4) is 70.3 Å². The molecular formula is C105H124N16O8. The quantitative estimate of drug-likeness (QED) is 0.0100. The van der Waals surface area contributed by atoms with Gasteiger partial charge in [-0.05, 0) is 134 Å². The number of phenols is 8. The normalized spacial score (nSPS) is 12.3. The molecule has 129 heavy (non-hydrogen) atoms. The Morgan fingerprint density at radius 3 is 0.729 bits per heavy atom. The monoisotopic (exact) mass is 1740 g/mol. The van der Waals surface area contributed by atoms with Gasteiger partial charge in [0.05, 0.1) is 73.3 Å². The lowest BCUT2D eigenvalue weighted by atomic mass is 9.77. The Morgan fingerprint density at radius 1 is 0.256 bits per heavy atom. The van der Waals surface area contributed by atoms with E-state index in [2.05, 4.69) is 101 Å². The molecule has 0 aliphatic carbocycles. The highest BCUT2D eigenvalue weighted by Crippen LogP contribution is 2.59. The van der Waals surface area contributed by atoms with Gasteiger partial charge in [0, 0.05) is 73.4 Å². The number of unbranched alkanes of at least 4 members (excludes halogenated alkanes) is 32. The summed E-state index contributed by atoms with van der Waals surface area (Å²) in [7, 11) is 0. The van der Waals surface area contributed by atoms with Gasteiger partial charge in [0.25, 0.3) is 0 Å². The van der Waals surface area contributed by atoms with Gasteiger partial charge in [-0.3, -0.25) is 0 Å². The van der Waals surface area contributed by atoms with Crippen LogP contribution in [0.25, 0.3) is 19.4 Å². The fourth-order valence-electron chi connectivity index (χ4n) is 16.9. The number of aromatic hydroxyl groups is 8. The van der Waals surface area contributed by atoms with E-state index in [1.807, 2.05) is 13.0 Å². The molecule has 0 saturated carbocycles. The minimum Gasteiger partial charge on any atom is -0.505 e. The molecular weight excluding hydrogens is 1610 g/mol. The molecule has 8 aromatic rings. The average Bonchev–Trinajstić information content (AvgIpc) is 0.748. The van der Waals surface area contributed by atoms with Gasteiger partial charge in [-0.1, -0.05) is 272 Å². The van der Waals surface area contributed by atoms with Crippen molar-refractivity contribution >= 4 is 68.2 Å². The highest BCUT2D eigenvalue weighted by Gasteiger charge is 2.36. The third-order valence-corrected chi connectivity index (χ3v) is 24.1. The van der Waals surface area contributed by atoms with Crippen molar-refractivity contribution in [1.82, 2.24) is 0 Å². The summed E-state index contributed by atoms with van der Waals surface area (Å²) in [6.45, 7) is 42.3. The first-order valence-electron chi connectivity index (χ1n) is 46.4. The molecule has 8 aromatic carbocycles. The first-order valence-corrected chi connectivity index (χ1v) is 46.4. The molecule has 8 N–H and O–H groups in total. The van der Waals surface area contributed by atoms with Crippen LogP contribution in [0.3, 0.4) is 0 Å². The van der Waals surface area contributed by atoms with E-state index in [0.717, 1.165) is 173 Å². The Kier molecular flexibility index (Phi) is 42.6. The lowest BCUT2D eigenvalue weighted by Gasteiger charge is -2.28. The molecule has 24 heteroatoms. The molecule has 0 radical (unpaired) electrons. The molecule has 4 unspecified atom stereocenters. The minimum absolute atomic E-state index is 0.00144. The standard InChI is InChI=1S/C105H124N16O8/c1-10-14-18-22-26-30-34-38-42-46-71(5)88-64-89(101(125)96(100(88)124)119-115-81-57-73(68-107)53-77(61-81)111-7)85(48-44-40-36-32-28-24-20-16-12-3)92-66-93(105(129)98(104(92)128)121-117-83-59-75(70-109)55-79(63-83)113-9)86(49-45-41-37-33-29-25-21-17-13-4)91-65-90(102(126)97(103(91)127)120-116-82-58-74(69-108)54-78(62-82)112-8)84(47-43-39-35-31-27-23-19-15-11-2)87-50-51-94(122)95(99(87)123)118-114-80-56-72(67-106)52-76(60-80)110-6/h50-66,71,84-86,122-129H,10-49H2,1-5H3. The summed E-state index contributed by atoms with van der Waals surface area (Å²) in [6.07, 6.45) is 35.5. The number of rotatable bonds is 55. The number of nitriles is 4. The van der Waals surface area contributed by atoms with E-state index in [-0.39, 0.29) is 138 Å². The first kappa shape index (κ1) is 101. The largest absolute Gasteiger partial charge is 0.505 e. The number of nitrogens with zero attached hydrogens (tertiary/aromatic N) is 16. The molecule has 0 aliphatic rings. The zero-order valence-corrected chi connectivity index (χ0v) is 75.6. The van der Waals surface area contributed by atoms with Crippen LogP contribution in [-0.4, -0.2) is 40.9 Å². The van der Waals surface area contributed by atoms with Crippen LogP contribution in [0.1, 0.15) is 376 Å². The fraction of sp³-hybridized carbons (Fsp3) is 0.467.